The monoisotopic (exact) mass is 379 g/mol. The number of rotatable bonds is 2. The van der Waals surface area contributed by atoms with E-state index in [1.165, 1.54) is 5.56 Å². The van der Waals surface area contributed by atoms with Crippen LogP contribution in [0.3, 0.4) is 0 Å². The quantitative estimate of drug-likeness (QED) is 0.767. The van der Waals surface area contributed by atoms with Gasteiger partial charge in [0.2, 0.25) is 0 Å². The summed E-state index contributed by atoms with van der Waals surface area (Å²) >= 11 is 5.10. The van der Waals surface area contributed by atoms with Crippen LogP contribution in [0.4, 0.5) is 15.3 Å². The minimum atomic E-state index is -0.598. The third-order valence-electron chi connectivity index (χ3n) is 3.62. The number of nitrogens with zero attached hydrogens (tertiary/aromatic N) is 1. The normalized spacial score (nSPS) is 13.5. The van der Waals surface area contributed by atoms with Crippen molar-refractivity contribution in [2.24, 2.45) is 0 Å². The molecule has 0 saturated carbocycles. The van der Waals surface area contributed by atoms with Crippen LogP contribution >= 0.6 is 12.2 Å². The molecule has 1 heterocycles. The second-order valence-electron chi connectivity index (χ2n) is 6.93. The van der Waals surface area contributed by atoms with Gasteiger partial charge in [0.1, 0.15) is 5.60 Å². The lowest BCUT2D eigenvalue weighted by molar-refractivity contribution is 0.0224. The molecule has 0 aliphatic carbocycles. The molecule has 0 bridgehead atoms. The van der Waals surface area contributed by atoms with E-state index in [1.54, 1.807) is 11.8 Å². The molecule has 0 fully saturated rings. The van der Waals surface area contributed by atoms with Gasteiger partial charge in [0, 0.05) is 18.8 Å². The molecule has 7 nitrogen and oxygen atoms in total. The average molecular weight is 379 g/mol. The summed E-state index contributed by atoms with van der Waals surface area (Å²) in [7, 11) is 0. The fourth-order valence-electron chi connectivity index (χ4n) is 2.54. The van der Waals surface area contributed by atoms with Crippen LogP contribution in [0.15, 0.2) is 18.2 Å². The molecule has 0 aromatic heterocycles. The van der Waals surface area contributed by atoms with E-state index >= 15 is 0 Å². The highest BCUT2D eigenvalue weighted by molar-refractivity contribution is 7.80. The maximum atomic E-state index is 12.3. The molecule has 0 saturated heterocycles. The summed E-state index contributed by atoms with van der Waals surface area (Å²) in [6.07, 6.45) is -0.152. The first-order valence-electron chi connectivity index (χ1n) is 8.52. The third-order valence-corrected chi connectivity index (χ3v) is 3.82. The van der Waals surface area contributed by atoms with Gasteiger partial charge in [-0.05, 0) is 69.6 Å². The molecule has 8 heteroatoms. The topological polar surface area (TPSA) is 79.9 Å². The van der Waals surface area contributed by atoms with Gasteiger partial charge < -0.3 is 19.7 Å². The fraction of sp³-hybridized carbons (Fsp3) is 0.500. The zero-order chi connectivity index (χ0) is 19.3. The Balaban J connectivity index is 2.01. The third kappa shape index (κ3) is 5.87. The first-order valence-corrected chi connectivity index (χ1v) is 8.93. The molecule has 1 aromatic rings. The van der Waals surface area contributed by atoms with Crippen molar-refractivity contribution in [1.82, 2.24) is 10.2 Å². The van der Waals surface area contributed by atoms with Gasteiger partial charge in [-0.2, -0.15) is 0 Å². The van der Waals surface area contributed by atoms with Crippen LogP contribution in [0.2, 0.25) is 0 Å². The van der Waals surface area contributed by atoms with E-state index in [-0.39, 0.29) is 17.8 Å². The van der Waals surface area contributed by atoms with E-state index in [4.69, 9.17) is 21.7 Å². The van der Waals surface area contributed by atoms with Crippen molar-refractivity contribution in [3.63, 3.8) is 0 Å². The molecule has 0 spiro atoms. The van der Waals surface area contributed by atoms with E-state index in [1.807, 2.05) is 39.0 Å². The Morgan fingerprint density at radius 3 is 2.65 bits per heavy atom. The number of nitrogens with one attached hydrogen (secondary N) is 2. The number of thiocarbonyl (C=S) groups is 1. The Labute approximate surface area is 159 Å². The highest BCUT2D eigenvalue weighted by Gasteiger charge is 2.25. The van der Waals surface area contributed by atoms with Gasteiger partial charge in [-0.3, -0.25) is 5.32 Å². The van der Waals surface area contributed by atoms with E-state index < -0.39 is 11.7 Å². The molecule has 1 aliphatic heterocycles. The predicted octanol–water partition coefficient (Wildman–Crippen LogP) is 3.42. The molecule has 142 valence electrons. The molecule has 0 atom stereocenters. The number of alkyl carbamates (subject to hydrolysis) is 1. The lowest BCUT2D eigenvalue weighted by Gasteiger charge is -2.31. The van der Waals surface area contributed by atoms with Crippen LogP contribution in [-0.2, 0) is 22.4 Å². The van der Waals surface area contributed by atoms with Gasteiger partial charge in [-0.1, -0.05) is 6.07 Å². The smallest absolute Gasteiger partial charge is 0.413 e. The van der Waals surface area contributed by atoms with Crippen LogP contribution < -0.4 is 10.6 Å². The van der Waals surface area contributed by atoms with Crippen molar-refractivity contribution in [3.8, 4) is 0 Å². The highest BCUT2D eigenvalue weighted by atomic mass is 32.1. The summed E-state index contributed by atoms with van der Waals surface area (Å²) in [5, 5.41) is 5.54. The van der Waals surface area contributed by atoms with Crippen molar-refractivity contribution in [2.75, 3.05) is 18.5 Å². The van der Waals surface area contributed by atoms with E-state index in [0.29, 0.717) is 13.1 Å². The molecule has 1 aromatic carbocycles. The minimum absolute atomic E-state index is 0.156. The molecule has 2 amide bonds. The van der Waals surface area contributed by atoms with Crippen LogP contribution in [0.25, 0.3) is 0 Å². The van der Waals surface area contributed by atoms with E-state index in [2.05, 4.69) is 10.6 Å². The molecule has 0 radical (unpaired) electrons. The number of carbonyl (C=O) groups excluding carboxylic acids is 2. The lowest BCUT2D eigenvalue weighted by atomic mass is 9.99. The van der Waals surface area contributed by atoms with E-state index in [0.717, 1.165) is 17.7 Å². The maximum absolute atomic E-state index is 12.3. The predicted molar refractivity (Wildman–Crippen MR) is 103 cm³/mol. The molecular weight excluding hydrogens is 354 g/mol. The number of anilines is 1. The highest BCUT2D eigenvalue weighted by Crippen LogP contribution is 2.24. The molecule has 2 N–H and O–H groups in total. The SMILES string of the molecule is CCOC(=O)NC(=S)Nc1ccc2c(c1)CN(C(=O)OC(C)(C)C)CC2. The van der Waals surface area contributed by atoms with Crippen molar-refractivity contribution in [3.05, 3.63) is 29.3 Å². The van der Waals surface area contributed by atoms with Crippen molar-refractivity contribution in [1.29, 1.82) is 0 Å². The molecule has 0 unspecified atom stereocenters. The average Bonchev–Trinajstić information content (AvgIpc) is 2.52. The van der Waals surface area contributed by atoms with Gasteiger partial charge in [0.05, 0.1) is 6.61 Å². The Hall–Kier alpha value is -2.35. The Bertz CT molecular complexity index is 700. The largest absolute Gasteiger partial charge is 0.450 e. The van der Waals surface area contributed by atoms with E-state index in [9.17, 15) is 9.59 Å². The number of amides is 2. The number of fused-ring (bicyclic) bond motifs is 1. The first-order chi connectivity index (χ1) is 12.2. The van der Waals surface area contributed by atoms with Crippen LogP contribution in [-0.4, -0.2) is 41.0 Å². The Morgan fingerprint density at radius 2 is 2.00 bits per heavy atom. The first kappa shape index (κ1) is 20.0. The zero-order valence-corrected chi connectivity index (χ0v) is 16.4. The Kier molecular flexibility index (Phi) is 6.42. The summed E-state index contributed by atoms with van der Waals surface area (Å²) < 4.78 is 10.2. The number of benzene rings is 1. The molecule has 26 heavy (non-hydrogen) atoms. The van der Waals surface area contributed by atoms with Crippen molar-refractivity contribution < 1.29 is 19.1 Å². The second kappa shape index (κ2) is 8.35. The fourth-order valence-corrected chi connectivity index (χ4v) is 2.74. The van der Waals surface area contributed by atoms with Crippen LogP contribution in [0.5, 0.6) is 0 Å². The van der Waals surface area contributed by atoms with Gasteiger partial charge in [-0.25, -0.2) is 9.59 Å². The molecule has 1 aliphatic rings. The van der Waals surface area contributed by atoms with Crippen molar-refractivity contribution in [2.45, 2.75) is 46.3 Å². The number of ether oxygens (including phenoxy) is 2. The summed E-state index contributed by atoms with van der Waals surface area (Å²) in [5.41, 5.74) is 2.41. The lowest BCUT2D eigenvalue weighted by Crippen LogP contribution is -2.40. The number of hydrogen-bond donors (Lipinski definition) is 2. The summed E-state index contributed by atoms with van der Waals surface area (Å²) in [6, 6.07) is 5.81. The second-order valence-corrected chi connectivity index (χ2v) is 7.34. The van der Waals surface area contributed by atoms with Gasteiger partial charge in [-0.15, -0.1) is 0 Å². The van der Waals surface area contributed by atoms with Crippen LogP contribution in [0.1, 0.15) is 38.8 Å². The maximum Gasteiger partial charge on any atom is 0.413 e. The van der Waals surface area contributed by atoms with Gasteiger partial charge in [0.25, 0.3) is 0 Å². The number of hydrogen-bond acceptors (Lipinski definition) is 5. The zero-order valence-electron chi connectivity index (χ0n) is 15.5. The summed E-state index contributed by atoms with van der Waals surface area (Å²) in [4.78, 5) is 25.4. The number of carbonyl (C=O) groups is 2. The summed E-state index contributed by atoms with van der Waals surface area (Å²) in [6.45, 7) is 8.63. The summed E-state index contributed by atoms with van der Waals surface area (Å²) in [5.74, 6) is 0. The molecule has 2 rings (SSSR count). The van der Waals surface area contributed by atoms with Crippen LogP contribution in [0, 0.1) is 0 Å². The molecular formula is C18H25N3O4S. The Morgan fingerprint density at radius 1 is 1.27 bits per heavy atom. The standard InChI is InChI=1S/C18H25N3O4S/c1-5-24-16(22)20-15(26)19-14-7-6-12-8-9-21(11-13(12)10-14)17(23)25-18(2,3)4/h6-7,10H,5,8-9,11H2,1-4H3,(H2,19,20,22,26). The minimum Gasteiger partial charge on any atom is -0.450 e. The van der Waals surface area contributed by atoms with Gasteiger partial charge >= 0.3 is 12.2 Å². The van der Waals surface area contributed by atoms with Gasteiger partial charge in [0.15, 0.2) is 5.11 Å². The van der Waals surface area contributed by atoms with Crippen molar-refractivity contribution >= 4 is 35.2 Å².